The molecule has 1 aromatic carbocycles. The van der Waals surface area contributed by atoms with E-state index in [-0.39, 0.29) is 12.5 Å². The van der Waals surface area contributed by atoms with Gasteiger partial charge in [-0.25, -0.2) is 5.48 Å². The van der Waals surface area contributed by atoms with Crippen molar-refractivity contribution in [1.29, 1.82) is 0 Å². The van der Waals surface area contributed by atoms with Crippen molar-refractivity contribution in [2.75, 3.05) is 19.0 Å². The molecule has 0 aliphatic rings. The second-order valence-corrected chi connectivity index (χ2v) is 4.53. The lowest BCUT2D eigenvalue weighted by Gasteiger charge is -2.05. The summed E-state index contributed by atoms with van der Waals surface area (Å²) in [4.78, 5) is 17.3. The third-order valence-corrected chi connectivity index (χ3v) is 2.92. The number of hydroxylamine groups is 1. The molecule has 5 heteroatoms. The van der Waals surface area contributed by atoms with Crippen LogP contribution in [0.1, 0.15) is 12.8 Å². The molecule has 0 aromatic heterocycles. The minimum Gasteiger partial charge on any atom is -0.396 e. The number of hydrogen-bond acceptors (Lipinski definition) is 4. The smallest absolute Gasteiger partial charge is 0.243 e. The molecule has 0 saturated carbocycles. The summed E-state index contributed by atoms with van der Waals surface area (Å²) in [6.45, 7) is 0.488. The van der Waals surface area contributed by atoms with Crippen LogP contribution in [0.15, 0.2) is 35.2 Å². The molecular formula is C12H17NO3S. The summed E-state index contributed by atoms with van der Waals surface area (Å²) in [5.41, 5.74) is 2.34. The highest BCUT2D eigenvalue weighted by atomic mass is 32.2. The van der Waals surface area contributed by atoms with Crippen LogP contribution in [0.4, 0.5) is 0 Å². The first-order valence-corrected chi connectivity index (χ1v) is 6.51. The van der Waals surface area contributed by atoms with E-state index in [2.05, 4.69) is 5.48 Å². The van der Waals surface area contributed by atoms with Crippen LogP contribution >= 0.6 is 11.8 Å². The van der Waals surface area contributed by atoms with Gasteiger partial charge in [0.1, 0.15) is 0 Å². The maximum absolute atomic E-state index is 11.1. The molecule has 1 rings (SSSR count). The Kier molecular flexibility index (Phi) is 7.46. The van der Waals surface area contributed by atoms with Gasteiger partial charge in [-0.3, -0.25) is 9.63 Å². The van der Waals surface area contributed by atoms with E-state index in [1.54, 1.807) is 11.8 Å². The van der Waals surface area contributed by atoms with E-state index in [1.165, 1.54) is 4.90 Å². The molecule has 4 nitrogen and oxygen atoms in total. The van der Waals surface area contributed by atoms with Crippen molar-refractivity contribution in [3.05, 3.63) is 30.3 Å². The Balaban J connectivity index is 1.99. The average Bonchev–Trinajstić information content (AvgIpc) is 2.37. The van der Waals surface area contributed by atoms with Gasteiger partial charge in [0.2, 0.25) is 5.91 Å². The predicted octanol–water partition coefficient (Wildman–Crippen LogP) is 1.60. The summed E-state index contributed by atoms with van der Waals surface area (Å²) >= 11 is 1.67. The molecule has 1 aromatic rings. The van der Waals surface area contributed by atoms with Gasteiger partial charge in [0, 0.05) is 23.7 Å². The summed E-state index contributed by atoms with van der Waals surface area (Å²) in [6, 6.07) is 10.0. The second-order valence-electron chi connectivity index (χ2n) is 3.36. The summed E-state index contributed by atoms with van der Waals surface area (Å²) in [5, 5.41) is 8.53. The van der Waals surface area contributed by atoms with E-state index in [4.69, 9.17) is 9.94 Å². The number of aliphatic hydroxyl groups is 1. The molecule has 0 atom stereocenters. The van der Waals surface area contributed by atoms with E-state index in [0.29, 0.717) is 19.4 Å². The molecule has 0 bridgehead atoms. The molecule has 0 heterocycles. The van der Waals surface area contributed by atoms with Gasteiger partial charge >= 0.3 is 0 Å². The Bertz CT molecular complexity index is 319. The van der Waals surface area contributed by atoms with Crippen molar-refractivity contribution in [3.8, 4) is 0 Å². The normalized spacial score (nSPS) is 10.2. The summed E-state index contributed by atoms with van der Waals surface area (Å²) < 4.78 is 0. The van der Waals surface area contributed by atoms with Crippen molar-refractivity contribution >= 4 is 17.7 Å². The molecule has 0 radical (unpaired) electrons. The highest BCUT2D eigenvalue weighted by Gasteiger charge is 1.99. The Hall–Kier alpha value is -1.04. The maximum atomic E-state index is 11.1. The molecule has 0 saturated heterocycles. The van der Waals surface area contributed by atoms with Crippen molar-refractivity contribution < 1.29 is 14.7 Å². The van der Waals surface area contributed by atoms with Gasteiger partial charge in [0.25, 0.3) is 0 Å². The fourth-order valence-electron chi connectivity index (χ4n) is 1.14. The van der Waals surface area contributed by atoms with Gasteiger partial charge in [-0.1, -0.05) is 18.2 Å². The number of aliphatic hydroxyl groups excluding tert-OH is 1. The minimum absolute atomic E-state index is 0.0251. The van der Waals surface area contributed by atoms with E-state index in [0.717, 1.165) is 5.75 Å². The highest BCUT2D eigenvalue weighted by molar-refractivity contribution is 7.99. The molecule has 94 valence electrons. The number of carbonyl (C=O) groups excluding carboxylic acids is 1. The fourth-order valence-corrected chi connectivity index (χ4v) is 1.89. The molecule has 0 aliphatic carbocycles. The SMILES string of the molecule is O=C(CCCO)NOCCSc1ccccc1. The lowest BCUT2D eigenvalue weighted by atomic mass is 10.3. The number of amides is 1. The Morgan fingerprint density at radius 2 is 2.12 bits per heavy atom. The summed E-state index contributed by atoms with van der Waals surface area (Å²) in [5.74, 6) is 0.591. The van der Waals surface area contributed by atoms with Crippen LogP contribution < -0.4 is 5.48 Å². The number of rotatable bonds is 8. The molecule has 0 aliphatic heterocycles. The second kappa shape index (κ2) is 9.04. The average molecular weight is 255 g/mol. The van der Waals surface area contributed by atoms with E-state index in [1.807, 2.05) is 30.3 Å². The molecule has 17 heavy (non-hydrogen) atoms. The van der Waals surface area contributed by atoms with Crippen molar-refractivity contribution in [2.45, 2.75) is 17.7 Å². The molecule has 0 spiro atoms. The zero-order valence-corrected chi connectivity index (χ0v) is 10.4. The van der Waals surface area contributed by atoms with Gasteiger partial charge in [-0.05, 0) is 18.6 Å². The van der Waals surface area contributed by atoms with Crippen molar-refractivity contribution in [3.63, 3.8) is 0 Å². The van der Waals surface area contributed by atoms with Crippen LogP contribution in [0.5, 0.6) is 0 Å². The molecule has 2 N–H and O–H groups in total. The lowest BCUT2D eigenvalue weighted by molar-refractivity contribution is -0.133. The topological polar surface area (TPSA) is 58.6 Å². The van der Waals surface area contributed by atoms with Gasteiger partial charge in [-0.2, -0.15) is 0 Å². The number of nitrogens with one attached hydrogen (secondary N) is 1. The highest BCUT2D eigenvalue weighted by Crippen LogP contribution is 2.15. The quantitative estimate of drug-likeness (QED) is 0.421. The van der Waals surface area contributed by atoms with Crippen LogP contribution in [0.25, 0.3) is 0 Å². The number of hydrogen-bond donors (Lipinski definition) is 2. The fraction of sp³-hybridized carbons (Fsp3) is 0.417. The largest absolute Gasteiger partial charge is 0.396 e. The zero-order valence-electron chi connectivity index (χ0n) is 9.59. The molecule has 0 unspecified atom stereocenters. The van der Waals surface area contributed by atoms with Crippen molar-refractivity contribution in [1.82, 2.24) is 5.48 Å². The van der Waals surface area contributed by atoms with Gasteiger partial charge < -0.3 is 5.11 Å². The third kappa shape index (κ3) is 6.99. The third-order valence-electron chi connectivity index (χ3n) is 1.95. The van der Waals surface area contributed by atoms with Crippen LogP contribution in [0, 0.1) is 0 Å². The minimum atomic E-state index is -0.191. The first-order chi connectivity index (χ1) is 8.33. The lowest BCUT2D eigenvalue weighted by Crippen LogP contribution is -2.24. The Morgan fingerprint density at radius 3 is 2.82 bits per heavy atom. The number of thioether (sulfide) groups is 1. The van der Waals surface area contributed by atoms with Crippen LogP contribution in [0.3, 0.4) is 0 Å². The van der Waals surface area contributed by atoms with Crippen LogP contribution in [0.2, 0.25) is 0 Å². The Labute approximate surface area is 105 Å². The zero-order chi connectivity index (χ0) is 12.3. The van der Waals surface area contributed by atoms with Gasteiger partial charge in [0.15, 0.2) is 0 Å². The van der Waals surface area contributed by atoms with Crippen LogP contribution in [-0.4, -0.2) is 30.0 Å². The van der Waals surface area contributed by atoms with E-state index >= 15 is 0 Å². The predicted molar refractivity (Wildman–Crippen MR) is 67.6 cm³/mol. The molecule has 0 fully saturated rings. The maximum Gasteiger partial charge on any atom is 0.243 e. The van der Waals surface area contributed by atoms with Crippen molar-refractivity contribution in [2.24, 2.45) is 0 Å². The van der Waals surface area contributed by atoms with Crippen LogP contribution in [-0.2, 0) is 9.63 Å². The van der Waals surface area contributed by atoms with E-state index < -0.39 is 0 Å². The first-order valence-electron chi connectivity index (χ1n) is 5.52. The summed E-state index contributed by atoms with van der Waals surface area (Å²) in [7, 11) is 0. The molecule has 1 amide bonds. The monoisotopic (exact) mass is 255 g/mol. The molecular weight excluding hydrogens is 238 g/mol. The first kappa shape index (κ1) is 14.0. The van der Waals surface area contributed by atoms with Gasteiger partial charge in [0.05, 0.1) is 6.61 Å². The van der Waals surface area contributed by atoms with E-state index in [9.17, 15) is 4.79 Å². The number of benzene rings is 1. The summed E-state index contributed by atoms with van der Waals surface area (Å²) in [6.07, 6.45) is 0.760. The standard InChI is InChI=1S/C12H17NO3S/c14-8-4-7-12(15)13-16-9-10-17-11-5-2-1-3-6-11/h1-3,5-6,14H,4,7-10H2,(H,13,15). The van der Waals surface area contributed by atoms with Gasteiger partial charge in [-0.15, -0.1) is 11.8 Å². The Morgan fingerprint density at radius 1 is 1.35 bits per heavy atom. The number of carbonyl (C=O) groups is 1.